The van der Waals surface area contributed by atoms with Crippen LogP contribution in [0.5, 0.6) is 0 Å². The Morgan fingerprint density at radius 3 is 2.32 bits per heavy atom. The standard InChI is InChI=1S/C15H26N4/c1-15(2,3)18-14(16)17-10-12-8-6-7-9-13(12)11-19(4)5/h6-9H,10-11H2,1-5H3,(H3,16,17,18). The minimum Gasteiger partial charge on any atom is -0.370 e. The molecule has 0 bridgehead atoms. The Morgan fingerprint density at radius 1 is 1.21 bits per heavy atom. The number of benzene rings is 1. The van der Waals surface area contributed by atoms with Crippen LogP contribution in [0, 0.1) is 0 Å². The Morgan fingerprint density at radius 2 is 1.79 bits per heavy atom. The quantitative estimate of drug-likeness (QED) is 0.644. The molecule has 0 aliphatic carbocycles. The molecule has 0 aliphatic rings. The van der Waals surface area contributed by atoms with E-state index in [4.69, 9.17) is 5.73 Å². The molecule has 0 amide bonds. The first-order chi connectivity index (χ1) is 8.78. The summed E-state index contributed by atoms with van der Waals surface area (Å²) >= 11 is 0. The third kappa shape index (κ3) is 6.25. The number of nitrogens with two attached hydrogens (primary N) is 1. The normalized spacial score (nSPS) is 12.8. The highest BCUT2D eigenvalue weighted by atomic mass is 15.1. The van der Waals surface area contributed by atoms with Crippen molar-refractivity contribution >= 4 is 5.96 Å². The fourth-order valence-corrected chi connectivity index (χ4v) is 1.80. The Balaban J connectivity index is 2.74. The van der Waals surface area contributed by atoms with Crippen LogP contribution in [-0.2, 0) is 13.1 Å². The molecule has 0 aliphatic heterocycles. The summed E-state index contributed by atoms with van der Waals surface area (Å²) in [5.41, 5.74) is 8.34. The number of hydrogen-bond donors (Lipinski definition) is 2. The van der Waals surface area contributed by atoms with Crippen LogP contribution in [0.2, 0.25) is 0 Å². The molecule has 0 spiro atoms. The predicted octanol–water partition coefficient (Wildman–Crippen LogP) is 1.95. The lowest BCUT2D eigenvalue weighted by Crippen LogP contribution is -2.45. The van der Waals surface area contributed by atoms with Crippen molar-refractivity contribution in [3.05, 3.63) is 35.4 Å². The summed E-state index contributed by atoms with van der Waals surface area (Å²) in [6.07, 6.45) is 0. The lowest BCUT2D eigenvalue weighted by Gasteiger charge is -2.21. The molecular formula is C15H26N4. The first-order valence-corrected chi connectivity index (χ1v) is 6.57. The van der Waals surface area contributed by atoms with E-state index in [1.54, 1.807) is 0 Å². The number of guanidine groups is 1. The summed E-state index contributed by atoms with van der Waals surface area (Å²) in [7, 11) is 4.13. The molecule has 4 nitrogen and oxygen atoms in total. The highest BCUT2D eigenvalue weighted by Gasteiger charge is 2.10. The van der Waals surface area contributed by atoms with Crippen molar-refractivity contribution in [1.29, 1.82) is 0 Å². The van der Waals surface area contributed by atoms with Crippen molar-refractivity contribution in [2.24, 2.45) is 10.7 Å². The van der Waals surface area contributed by atoms with Crippen LogP contribution in [0.15, 0.2) is 29.3 Å². The zero-order valence-electron chi connectivity index (χ0n) is 12.7. The first-order valence-electron chi connectivity index (χ1n) is 6.57. The monoisotopic (exact) mass is 262 g/mol. The SMILES string of the molecule is CN(C)Cc1ccccc1CN=C(N)NC(C)(C)C. The van der Waals surface area contributed by atoms with Gasteiger partial charge in [0.05, 0.1) is 6.54 Å². The molecular weight excluding hydrogens is 236 g/mol. The smallest absolute Gasteiger partial charge is 0.189 e. The summed E-state index contributed by atoms with van der Waals surface area (Å²) in [6.45, 7) is 7.72. The predicted molar refractivity (Wildman–Crippen MR) is 82.0 cm³/mol. The van der Waals surface area contributed by atoms with Gasteiger partial charge in [-0.25, -0.2) is 4.99 Å². The van der Waals surface area contributed by atoms with Crippen molar-refractivity contribution < 1.29 is 0 Å². The van der Waals surface area contributed by atoms with Gasteiger partial charge in [-0.1, -0.05) is 24.3 Å². The van der Waals surface area contributed by atoms with Crippen molar-refractivity contribution in [1.82, 2.24) is 10.2 Å². The zero-order valence-corrected chi connectivity index (χ0v) is 12.7. The summed E-state index contributed by atoms with van der Waals surface area (Å²) < 4.78 is 0. The molecule has 1 rings (SSSR count). The van der Waals surface area contributed by atoms with Gasteiger partial charge in [-0.15, -0.1) is 0 Å². The molecule has 19 heavy (non-hydrogen) atoms. The van der Waals surface area contributed by atoms with E-state index in [2.05, 4.69) is 68.3 Å². The van der Waals surface area contributed by atoms with Crippen LogP contribution in [0.3, 0.4) is 0 Å². The van der Waals surface area contributed by atoms with Crippen molar-refractivity contribution in [3.63, 3.8) is 0 Å². The van der Waals surface area contributed by atoms with Crippen LogP contribution in [0.4, 0.5) is 0 Å². The average Bonchev–Trinajstić information content (AvgIpc) is 2.24. The van der Waals surface area contributed by atoms with E-state index in [-0.39, 0.29) is 5.54 Å². The summed E-state index contributed by atoms with van der Waals surface area (Å²) in [5, 5.41) is 3.17. The van der Waals surface area contributed by atoms with Crippen LogP contribution >= 0.6 is 0 Å². The van der Waals surface area contributed by atoms with E-state index in [1.807, 2.05) is 6.07 Å². The van der Waals surface area contributed by atoms with E-state index in [0.29, 0.717) is 12.5 Å². The Hall–Kier alpha value is -1.55. The van der Waals surface area contributed by atoms with Crippen LogP contribution < -0.4 is 11.1 Å². The maximum atomic E-state index is 5.89. The minimum absolute atomic E-state index is 0.0588. The summed E-state index contributed by atoms with van der Waals surface area (Å²) in [6, 6.07) is 8.34. The van der Waals surface area contributed by atoms with Gasteiger partial charge in [-0.05, 0) is 46.0 Å². The number of nitrogens with zero attached hydrogens (tertiary/aromatic N) is 2. The zero-order chi connectivity index (χ0) is 14.5. The first kappa shape index (κ1) is 15.5. The topological polar surface area (TPSA) is 53.6 Å². The molecule has 1 aromatic carbocycles. The summed E-state index contributed by atoms with van der Waals surface area (Å²) in [5.74, 6) is 0.493. The molecule has 3 N–H and O–H groups in total. The molecule has 0 atom stereocenters. The van der Waals surface area contributed by atoms with E-state index in [9.17, 15) is 0 Å². The van der Waals surface area contributed by atoms with Gasteiger partial charge in [0.15, 0.2) is 5.96 Å². The number of nitrogens with one attached hydrogen (secondary N) is 1. The minimum atomic E-state index is -0.0588. The van der Waals surface area contributed by atoms with Crippen LogP contribution in [0.25, 0.3) is 0 Å². The largest absolute Gasteiger partial charge is 0.370 e. The molecule has 0 aromatic heterocycles. The Kier molecular flexibility index (Phi) is 5.36. The van der Waals surface area contributed by atoms with Gasteiger partial charge < -0.3 is 16.0 Å². The lowest BCUT2D eigenvalue weighted by atomic mass is 10.1. The van der Waals surface area contributed by atoms with E-state index >= 15 is 0 Å². The molecule has 1 aromatic rings. The van der Waals surface area contributed by atoms with Gasteiger partial charge >= 0.3 is 0 Å². The van der Waals surface area contributed by atoms with Gasteiger partial charge in [-0.2, -0.15) is 0 Å². The molecule has 0 heterocycles. The second kappa shape index (κ2) is 6.57. The van der Waals surface area contributed by atoms with E-state index in [1.165, 1.54) is 11.1 Å². The fourth-order valence-electron chi connectivity index (χ4n) is 1.80. The van der Waals surface area contributed by atoms with Gasteiger partial charge in [-0.3, -0.25) is 0 Å². The average molecular weight is 262 g/mol. The molecule has 0 saturated heterocycles. The second-order valence-electron chi connectivity index (χ2n) is 6.08. The van der Waals surface area contributed by atoms with Crippen molar-refractivity contribution in [2.45, 2.75) is 39.4 Å². The number of aliphatic imine (C=N–C) groups is 1. The number of hydrogen-bond acceptors (Lipinski definition) is 2. The van der Waals surface area contributed by atoms with Crippen LogP contribution in [-0.4, -0.2) is 30.5 Å². The molecule has 0 fully saturated rings. The van der Waals surface area contributed by atoms with E-state index < -0.39 is 0 Å². The van der Waals surface area contributed by atoms with E-state index in [0.717, 1.165) is 6.54 Å². The Labute approximate surface area is 116 Å². The third-order valence-electron chi connectivity index (χ3n) is 2.53. The fraction of sp³-hybridized carbons (Fsp3) is 0.533. The molecule has 0 radical (unpaired) electrons. The molecule has 0 unspecified atom stereocenters. The molecule has 4 heteroatoms. The van der Waals surface area contributed by atoms with Gasteiger partial charge in [0.2, 0.25) is 0 Å². The molecule has 0 saturated carbocycles. The number of rotatable bonds is 4. The maximum Gasteiger partial charge on any atom is 0.189 e. The highest BCUT2D eigenvalue weighted by molar-refractivity contribution is 5.78. The lowest BCUT2D eigenvalue weighted by molar-refractivity contribution is 0.401. The van der Waals surface area contributed by atoms with Gasteiger partial charge in [0.1, 0.15) is 0 Å². The molecule has 106 valence electrons. The van der Waals surface area contributed by atoms with Crippen molar-refractivity contribution in [3.8, 4) is 0 Å². The summed E-state index contributed by atoms with van der Waals surface area (Å²) in [4.78, 5) is 6.56. The van der Waals surface area contributed by atoms with Crippen molar-refractivity contribution in [2.75, 3.05) is 14.1 Å². The third-order valence-corrected chi connectivity index (χ3v) is 2.53. The Bertz CT molecular complexity index is 430. The maximum absolute atomic E-state index is 5.89. The van der Waals surface area contributed by atoms with Gasteiger partial charge in [0.25, 0.3) is 0 Å². The highest BCUT2D eigenvalue weighted by Crippen LogP contribution is 2.11. The second-order valence-corrected chi connectivity index (χ2v) is 6.08. The van der Waals surface area contributed by atoms with Gasteiger partial charge in [0, 0.05) is 12.1 Å². The van der Waals surface area contributed by atoms with Crippen LogP contribution in [0.1, 0.15) is 31.9 Å².